The molecule has 0 spiro atoms. The average molecular weight is 375 g/mol. The molecule has 0 bridgehead atoms. The van der Waals surface area contributed by atoms with Gasteiger partial charge in [0.05, 0.1) is 5.92 Å². The van der Waals surface area contributed by atoms with Gasteiger partial charge in [0.1, 0.15) is 6.04 Å². The Labute approximate surface area is 160 Å². The van der Waals surface area contributed by atoms with Gasteiger partial charge in [-0.15, -0.1) is 0 Å². The van der Waals surface area contributed by atoms with Gasteiger partial charge in [-0.25, -0.2) is 4.79 Å². The van der Waals surface area contributed by atoms with Crippen LogP contribution in [0.3, 0.4) is 0 Å². The van der Waals surface area contributed by atoms with Crippen molar-refractivity contribution in [2.75, 3.05) is 0 Å². The molecular weight excluding hydrogens is 346 g/mol. The molecule has 1 aliphatic rings. The third-order valence-electron chi connectivity index (χ3n) is 5.31. The maximum atomic E-state index is 13.0. The van der Waals surface area contributed by atoms with Gasteiger partial charge in [-0.05, 0) is 37.2 Å². The number of carboxylic acid groups (broad SMARTS) is 2. The van der Waals surface area contributed by atoms with Crippen molar-refractivity contribution < 1.29 is 24.6 Å². The van der Waals surface area contributed by atoms with Crippen LogP contribution in [0.15, 0.2) is 30.3 Å². The molecule has 0 saturated heterocycles. The molecule has 6 heteroatoms. The Morgan fingerprint density at radius 1 is 1.00 bits per heavy atom. The second-order valence-corrected chi connectivity index (χ2v) is 7.33. The predicted octanol–water partition coefficient (Wildman–Crippen LogP) is 3.56. The summed E-state index contributed by atoms with van der Waals surface area (Å²) in [5.41, 5.74) is 0.937. The van der Waals surface area contributed by atoms with Gasteiger partial charge in [-0.1, -0.05) is 56.0 Å². The quantitative estimate of drug-likeness (QED) is 0.513. The number of unbranched alkanes of at least 4 members (excludes halogenated alkanes) is 2. The lowest BCUT2D eigenvalue weighted by atomic mass is 9.84. The monoisotopic (exact) mass is 375 g/mol. The van der Waals surface area contributed by atoms with E-state index >= 15 is 0 Å². The van der Waals surface area contributed by atoms with Gasteiger partial charge < -0.3 is 15.5 Å². The smallest absolute Gasteiger partial charge is 0.326 e. The van der Waals surface area contributed by atoms with Crippen LogP contribution >= 0.6 is 0 Å². The number of hydrogen-bond donors (Lipinski definition) is 3. The second-order valence-electron chi connectivity index (χ2n) is 7.33. The fourth-order valence-corrected chi connectivity index (χ4v) is 3.91. The summed E-state index contributed by atoms with van der Waals surface area (Å²) in [6.07, 6.45) is 6.31. The summed E-state index contributed by atoms with van der Waals surface area (Å²) in [6.45, 7) is 0. The van der Waals surface area contributed by atoms with Crippen LogP contribution in [-0.2, 0) is 14.4 Å². The van der Waals surface area contributed by atoms with E-state index in [0.717, 1.165) is 31.2 Å². The van der Waals surface area contributed by atoms with Gasteiger partial charge in [0.15, 0.2) is 0 Å². The Balaban J connectivity index is 1.98. The lowest BCUT2D eigenvalue weighted by Crippen LogP contribution is -2.44. The van der Waals surface area contributed by atoms with Crippen molar-refractivity contribution in [1.29, 1.82) is 0 Å². The molecule has 0 radical (unpaired) electrons. The summed E-state index contributed by atoms with van der Waals surface area (Å²) in [7, 11) is 0. The zero-order chi connectivity index (χ0) is 19.6. The minimum atomic E-state index is -1.04. The summed E-state index contributed by atoms with van der Waals surface area (Å²) in [5.74, 6) is -2.17. The first kappa shape index (κ1) is 20.9. The van der Waals surface area contributed by atoms with Crippen LogP contribution in [0.5, 0.6) is 0 Å². The zero-order valence-electron chi connectivity index (χ0n) is 15.6. The largest absolute Gasteiger partial charge is 0.481 e. The maximum absolute atomic E-state index is 13.0. The fraction of sp³-hybridized carbons (Fsp3) is 0.571. The van der Waals surface area contributed by atoms with Crippen LogP contribution < -0.4 is 5.32 Å². The van der Waals surface area contributed by atoms with Crippen molar-refractivity contribution >= 4 is 17.8 Å². The number of benzene rings is 1. The van der Waals surface area contributed by atoms with E-state index in [-0.39, 0.29) is 24.2 Å². The Hall–Kier alpha value is -2.37. The topological polar surface area (TPSA) is 104 Å². The SMILES string of the molecule is O=C(O)CCCCCC(NC(=O)C(c1ccccc1)C1CCCC1)C(=O)O. The summed E-state index contributed by atoms with van der Waals surface area (Å²) < 4.78 is 0. The molecule has 1 aromatic rings. The van der Waals surface area contributed by atoms with E-state index in [1.54, 1.807) is 0 Å². The van der Waals surface area contributed by atoms with Crippen LogP contribution in [0.1, 0.15) is 69.3 Å². The van der Waals surface area contributed by atoms with E-state index in [1.807, 2.05) is 30.3 Å². The van der Waals surface area contributed by atoms with Crippen LogP contribution in [0, 0.1) is 5.92 Å². The number of amides is 1. The Bertz CT molecular complexity index is 625. The second kappa shape index (κ2) is 10.7. The number of carbonyl (C=O) groups is 3. The first-order valence-electron chi connectivity index (χ1n) is 9.79. The number of carbonyl (C=O) groups excluding carboxylic acids is 1. The maximum Gasteiger partial charge on any atom is 0.326 e. The molecule has 1 aromatic carbocycles. The molecule has 1 saturated carbocycles. The highest BCUT2D eigenvalue weighted by Gasteiger charge is 2.33. The molecule has 148 valence electrons. The van der Waals surface area contributed by atoms with E-state index < -0.39 is 18.0 Å². The molecule has 2 atom stereocenters. The summed E-state index contributed by atoms with van der Waals surface area (Å²) in [5, 5.41) is 20.9. The minimum absolute atomic E-state index is 0.0852. The Kier molecular flexibility index (Phi) is 8.30. The molecule has 27 heavy (non-hydrogen) atoms. The number of carboxylic acids is 2. The summed E-state index contributed by atoms with van der Waals surface area (Å²) >= 11 is 0. The molecule has 0 aromatic heterocycles. The van der Waals surface area contributed by atoms with Crippen molar-refractivity contribution in [1.82, 2.24) is 5.32 Å². The standard InChI is InChI=1S/C21H29NO5/c23-18(24)14-6-2-5-13-17(21(26)27)22-20(25)19(16-11-7-8-12-16)15-9-3-1-4-10-15/h1,3-4,9-10,16-17,19H,2,5-8,11-14H2,(H,22,25)(H,23,24)(H,26,27). The van der Waals surface area contributed by atoms with Gasteiger partial charge >= 0.3 is 11.9 Å². The van der Waals surface area contributed by atoms with Gasteiger partial charge in [0.2, 0.25) is 5.91 Å². The van der Waals surface area contributed by atoms with Gasteiger partial charge in [-0.2, -0.15) is 0 Å². The highest BCUT2D eigenvalue weighted by atomic mass is 16.4. The highest BCUT2D eigenvalue weighted by molar-refractivity contribution is 5.88. The Morgan fingerprint density at radius 3 is 2.26 bits per heavy atom. The predicted molar refractivity (Wildman–Crippen MR) is 101 cm³/mol. The average Bonchev–Trinajstić information content (AvgIpc) is 3.15. The molecule has 1 fully saturated rings. The number of rotatable bonds is 11. The molecule has 6 nitrogen and oxygen atoms in total. The Morgan fingerprint density at radius 2 is 1.67 bits per heavy atom. The first-order chi connectivity index (χ1) is 13.0. The molecule has 2 unspecified atom stereocenters. The van der Waals surface area contributed by atoms with E-state index in [0.29, 0.717) is 25.7 Å². The summed E-state index contributed by atoms with van der Waals surface area (Å²) in [6, 6.07) is 8.65. The number of hydrogen-bond acceptors (Lipinski definition) is 3. The van der Waals surface area contributed by atoms with Gasteiger partial charge in [-0.3, -0.25) is 9.59 Å². The van der Waals surface area contributed by atoms with Crippen LogP contribution in [-0.4, -0.2) is 34.1 Å². The van der Waals surface area contributed by atoms with E-state index in [4.69, 9.17) is 5.11 Å². The molecule has 1 amide bonds. The molecule has 0 aliphatic heterocycles. The fourth-order valence-electron chi connectivity index (χ4n) is 3.91. The molecular formula is C21H29NO5. The van der Waals surface area contributed by atoms with Gasteiger partial charge in [0.25, 0.3) is 0 Å². The minimum Gasteiger partial charge on any atom is -0.481 e. The highest BCUT2D eigenvalue weighted by Crippen LogP contribution is 2.37. The normalized spacial score (nSPS) is 16.6. The van der Waals surface area contributed by atoms with E-state index in [9.17, 15) is 19.5 Å². The zero-order valence-corrected chi connectivity index (χ0v) is 15.6. The molecule has 0 heterocycles. The lowest BCUT2D eigenvalue weighted by molar-refractivity contribution is -0.142. The van der Waals surface area contributed by atoms with Crippen molar-refractivity contribution in [3.05, 3.63) is 35.9 Å². The van der Waals surface area contributed by atoms with Crippen molar-refractivity contribution in [2.45, 2.75) is 69.7 Å². The molecule has 1 aliphatic carbocycles. The number of aliphatic carboxylic acids is 2. The molecule has 3 N–H and O–H groups in total. The summed E-state index contributed by atoms with van der Waals surface area (Å²) in [4.78, 5) is 35.1. The third kappa shape index (κ3) is 6.70. The van der Waals surface area contributed by atoms with Crippen molar-refractivity contribution in [3.63, 3.8) is 0 Å². The van der Waals surface area contributed by atoms with E-state index in [1.165, 1.54) is 0 Å². The molecule has 2 rings (SSSR count). The van der Waals surface area contributed by atoms with Crippen molar-refractivity contribution in [3.8, 4) is 0 Å². The first-order valence-corrected chi connectivity index (χ1v) is 9.79. The van der Waals surface area contributed by atoms with Crippen LogP contribution in [0.2, 0.25) is 0 Å². The van der Waals surface area contributed by atoms with E-state index in [2.05, 4.69) is 5.32 Å². The number of nitrogens with one attached hydrogen (secondary N) is 1. The lowest BCUT2D eigenvalue weighted by Gasteiger charge is -2.25. The van der Waals surface area contributed by atoms with Crippen molar-refractivity contribution in [2.24, 2.45) is 5.92 Å². The van der Waals surface area contributed by atoms with Crippen LogP contribution in [0.4, 0.5) is 0 Å². The third-order valence-corrected chi connectivity index (χ3v) is 5.31. The van der Waals surface area contributed by atoms with Gasteiger partial charge in [0, 0.05) is 6.42 Å². The van der Waals surface area contributed by atoms with Crippen LogP contribution in [0.25, 0.3) is 0 Å².